The summed E-state index contributed by atoms with van der Waals surface area (Å²) in [5.41, 5.74) is -0.128. The maximum Gasteiger partial charge on any atom is 0.326 e. The van der Waals surface area contributed by atoms with E-state index in [0.717, 1.165) is 29.7 Å². The Morgan fingerprint density at radius 2 is 2.00 bits per heavy atom. The molecular weight excluding hydrogens is 430 g/mol. The number of fused-ring (bicyclic) bond motifs is 1. The summed E-state index contributed by atoms with van der Waals surface area (Å²) < 4.78 is 16.1. The van der Waals surface area contributed by atoms with Gasteiger partial charge in [-0.15, -0.1) is 0 Å². The highest BCUT2D eigenvalue weighted by atomic mass is 16.6. The number of nitrogens with zero attached hydrogens (tertiary/aromatic N) is 1. The number of hydrogen-bond donors (Lipinski definition) is 2. The van der Waals surface area contributed by atoms with E-state index < -0.39 is 42.5 Å². The molecule has 2 aliphatic heterocycles. The molecule has 1 spiro atoms. The third kappa shape index (κ3) is 4.60. The first-order valence-electron chi connectivity index (χ1n) is 11.3. The van der Waals surface area contributed by atoms with Crippen molar-refractivity contribution < 1.29 is 33.4 Å². The minimum Gasteiger partial charge on any atom is -0.486 e. The zero-order valence-electron chi connectivity index (χ0n) is 18.8. The smallest absolute Gasteiger partial charge is 0.326 e. The minimum absolute atomic E-state index is 0.00320. The molecule has 1 aromatic rings. The Kier molecular flexibility index (Phi) is 6.44. The topological polar surface area (TPSA) is 123 Å². The van der Waals surface area contributed by atoms with Gasteiger partial charge in [0.25, 0.3) is 11.8 Å². The van der Waals surface area contributed by atoms with E-state index >= 15 is 0 Å². The van der Waals surface area contributed by atoms with Crippen LogP contribution >= 0.6 is 0 Å². The zero-order chi connectivity index (χ0) is 23.6. The summed E-state index contributed by atoms with van der Waals surface area (Å²) >= 11 is 0. The fraction of sp³-hybridized carbons (Fsp3) is 0.565. The molecule has 3 aliphatic rings. The predicted octanol–water partition coefficient (Wildman–Crippen LogP) is 1.68. The van der Waals surface area contributed by atoms with Crippen molar-refractivity contribution in [1.29, 1.82) is 0 Å². The van der Waals surface area contributed by atoms with Crippen molar-refractivity contribution in [3.63, 3.8) is 0 Å². The Balaban J connectivity index is 1.27. The molecule has 4 amide bonds. The molecule has 2 heterocycles. The molecule has 0 radical (unpaired) electrons. The summed E-state index contributed by atoms with van der Waals surface area (Å²) in [5.74, 6) is -0.446. The quantitative estimate of drug-likeness (QED) is 0.490. The number of ether oxygens (including phenoxy) is 3. The van der Waals surface area contributed by atoms with E-state index in [1.54, 1.807) is 19.1 Å². The van der Waals surface area contributed by atoms with Crippen molar-refractivity contribution in [2.45, 2.75) is 51.1 Å². The average molecular weight is 459 g/mol. The number of nitrogens with one attached hydrogen (secondary N) is 2. The first kappa shape index (κ1) is 22.9. The molecule has 1 saturated heterocycles. The van der Waals surface area contributed by atoms with Crippen molar-refractivity contribution in [3.05, 3.63) is 23.8 Å². The number of carbonyl (C=O) groups is 4. The molecule has 0 unspecified atom stereocenters. The second-order valence-corrected chi connectivity index (χ2v) is 8.79. The second kappa shape index (κ2) is 9.29. The molecule has 178 valence electrons. The van der Waals surface area contributed by atoms with E-state index in [-0.39, 0.29) is 12.0 Å². The molecule has 33 heavy (non-hydrogen) atoms. The van der Waals surface area contributed by atoms with E-state index in [1.165, 1.54) is 0 Å². The number of hydrogen-bond acceptors (Lipinski definition) is 7. The van der Waals surface area contributed by atoms with Crippen molar-refractivity contribution in [2.24, 2.45) is 5.92 Å². The molecule has 2 fully saturated rings. The molecule has 10 heteroatoms. The van der Waals surface area contributed by atoms with Crippen LogP contribution in [0.15, 0.2) is 18.2 Å². The lowest BCUT2D eigenvalue weighted by molar-refractivity contribution is -0.151. The Bertz CT molecular complexity index is 965. The second-order valence-electron chi connectivity index (χ2n) is 8.79. The van der Waals surface area contributed by atoms with E-state index in [4.69, 9.17) is 14.2 Å². The molecule has 1 aromatic carbocycles. The van der Waals surface area contributed by atoms with Crippen LogP contribution in [-0.4, -0.2) is 60.6 Å². The van der Waals surface area contributed by atoms with E-state index in [0.29, 0.717) is 31.1 Å². The van der Waals surface area contributed by atoms with Gasteiger partial charge in [-0.25, -0.2) is 4.79 Å². The van der Waals surface area contributed by atoms with Crippen molar-refractivity contribution in [3.8, 4) is 11.5 Å². The van der Waals surface area contributed by atoms with E-state index in [2.05, 4.69) is 10.6 Å². The van der Waals surface area contributed by atoms with Crippen LogP contribution in [0.4, 0.5) is 4.79 Å². The van der Waals surface area contributed by atoms with Crippen molar-refractivity contribution >= 4 is 23.8 Å². The van der Waals surface area contributed by atoms with Gasteiger partial charge in [0.05, 0.1) is 6.04 Å². The van der Waals surface area contributed by atoms with Gasteiger partial charge in [0.1, 0.15) is 25.3 Å². The van der Waals surface area contributed by atoms with Crippen LogP contribution in [0.5, 0.6) is 11.5 Å². The monoisotopic (exact) mass is 459 g/mol. The van der Waals surface area contributed by atoms with Crippen molar-refractivity contribution in [1.82, 2.24) is 15.5 Å². The number of amides is 4. The molecule has 4 rings (SSSR count). The summed E-state index contributed by atoms with van der Waals surface area (Å²) in [6, 6.07) is 4.45. The van der Waals surface area contributed by atoms with Crippen LogP contribution in [0.3, 0.4) is 0 Å². The maximum atomic E-state index is 12.9. The number of urea groups is 1. The third-order valence-electron chi connectivity index (χ3n) is 6.60. The summed E-state index contributed by atoms with van der Waals surface area (Å²) in [4.78, 5) is 50.7. The molecule has 2 N–H and O–H groups in total. The Morgan fingerprint density at radius 3 is 2.76 bits per heavy atom. The van der Waals surface area contributed by atoms with Gasteiger partial charge < -0.3 is 24.8 Å². The van der Waals surface area contributed by atoms with Gasteiger partial charge in [0, 0.05) is 0 Å². The molecule has 1 saturated carbocycles. The Hall–Kier alpha value is -3.30. The summed E-state index contributed by atoms with van der Waals surface area (Å²) in [6.45, 7) is 3.65. The Morgan fingerprint density at radius 1 is 1.24 bits per heavy atom. The predicted molar refractivity (Wildman–Crippen MR) is 116 cm³/mol. The van der Waals surface area contributed by atoms with Crippen LogP contribution in [0.2, 0.25) is 0 Å². The fourth-order valence-corrected chi connectivity index (χ4v) is 4.66. The average Bonchev–Trinajstić information content (AvgIpc) is 3.04. The summed E-state index contributed by atoms with van der Waals surface area (Å²) in [5, 5.41) is 5.54. The molecule has 0 aromatic heterocycles. The van der Waals surface area contributed by atoms with E-state index in [1.807, 2.05) is 13.0 Å². The number of imide groups is 1. The highest BCUT2D eigenvalue weighted by Crippen LogP contribution is 2.38. The lowest BCUT2D eigenvalue weighted by atomic mass is 9.73. The molecule has 0 bridgehead atoms. The molecule has 1 aliphatic carbocycles. The van der Waals surface area contributed by atoms with Crippen molar-refractivity contribution in [2.75, 3.05) is 26.4 Å². The van der Waals surface area contributed by atoms with Crippen LogP contribution in [0.1, 0.15) is 51.1 Å². The zero-order valence-corrected chi connectivity index (χ0v) is 18.8. The minimum atomic E-state index is -0.938. The van der Waals surface area contributed by atoms with Crippen LogP contribution in [0, 0.1) is 5.92 Å². The first-order chi connectivity index (χ1) is 15.8. The first-order valence-corrected chi connectivity index (χ1v) is 11.3. The normalized spacial score (nSPS) is 24.9. The highest BCUT2D eigenvalue weighted by molar-refractivity contribution is 6.09. The maximum absolute atomic E-state index is 12.9. The summed E-state index contributed by atoms with van der Waals surface area (Å²) in [6.07, 6.45) is 3.25. The van der Waals surface area contributed by atoms with Gasteiger partial charge in [0.15, 0.2) is 18.1 Å². The van der Waals surface area contributed by atoms with Crippen LogP contribution < -0.4 is 20.1 Å². The number of carbonyl (C=O) groups excluding carboxylic acids is 4. The lowest BCUT2D eigenvalue weighted by Gasteiger charge is -2.36. The van der Waals surface area contributed by atoms with Gasteiger partial charge in [-0.2, -0.15) is 0 Å². The third-order valence-corrected chi connectivity index (χ3v) is 6.60. The number of esters is 1. The number of benzene rings is 1. The van der Waals surface area contributed by atoms with Crippen LogP contribution in [-0.2, 0) is 19.1 Å². The standard InChI is InChI=1S/C23H29N3O7/c1-14-5-3-4-8-23(14)21(29)26(22(30)25-23)12-20(28)33-13-19(27)24-15(2)16-6-7-17-18(11-16)32-10-9-31-17/h6-7,11,14-15H,3-5,8-10,12-13H2,1-2H3,(H,24,27)(H,25,30)/t14-,15+,23+/m1/s1. The van der Waals surface area contributed by atoms with Gasteiger partial charge in [-0.1, -0.05) is 25.8 Å². The Labute approximate surface area is 191 Å². The largest absolute Gasteiger partial charge is 0.486 e. The lowest BCUT2D eigenvalue weighted by Crippen LogP contribution is -2.54. The number of rotatable bonds is 6. The van der Waals surface area contributed by atoms with Gasteiger partial charge in [0.2, 0.25) is 0 Å². The van der Waals surface area contributed by atoms with Gasteiger partial charge in [-0.3, -0.25) is 19.3 Å². The molecule has 3 atom stereocenters. The van der Waals surface area contributed by atoms with Gasteiger partial charge in [-0.05, 0) is 43.4 Å². The highest BCUT2D eigenvalue weighted by Gasteiger charge is 2.55. The fourth-order valence-electron chi connectivity index (χ4n) is 4.66. The van der Waals surface area contributed by atoms with Gasteiger partial charge >= 0.3 is 12.0 Å². The molecular formula is C23H29N3O7. The molecule has 10 nitrogen and oxygen atoms in total. The summed E-state index contributed by atoms with van der Waals surface area (Å²) in [7, 11) is 0. The van der Waals surface area contributed by atoms with E-state index in [9.17, 15) is 19.2 Å². The SMILES string of the molecule is C[C@H](NC(=O)COC(=O)CN1C(=O)N[C@]2(CCCC[C@H]2C)C1=O)c1ccc2c(c1)OCCO2. The van der Waals surface area contributed by atoms with Crippen LogP contribution in [0.25, 0.3) is 0 Å².